The number of hydrogen-bond acceptors (Lipinski definition) is 9. The van der Waals surface area contributed by atoms with E-state index in [0.29, 0.717) is 0 Å². The third-order valence-electron chi connectivity index (χ3n) is 6.42. The Hall–Kier alpha value is -3.43. The van der Waals surface area contributed by atoms with E-state index in [1.807, 2.05) is 18.2 Å². The van der Waals surface area contributed by atoms with Crippen molar-refractivity contribution in [3.05, 3.63) is 35.9 Å². The highest BCUT2D eigenvalue weighted by atomic mass is 16.6. The summed E-state index contributed by atoms with van der Waals surface area (Å²) in [7, 11) is 0. The van der Waals surface area contributed by atoms with Gasteiger partial charge in [-0.05, 0) is 5.56 Å². The van der Waals surface area contributed by atoms with Gasteiger partial charge in [-0.15, -0.1) is 0 Å². The van der Waals surface area contributed by atoms with Crippen LogP contribution in [0.2, 0.25) is 0 Å². The highest BCUT2D eigenvalue weighted by molar-refractivity contribution is 5.80. The third kappa shape index (κ3) is 9.06. The number of esters is 4. The highest BCUT2D eigenvalue weighted by Crippen LogP contribution is 2.30. The molecule has 1 fully saturated rings. The van der Waals surface area contributed by atoms with Crippen LogP contribution in [0.5, 0.6) is 0 Å². The number of likely N-dealkylation sites (tertiary alicyclic amines) is 1. The molecule has 1 heterocycles. The lowest BCUT2D eigenvalue weighted by Gasteiger charge is -2.47. The highest BCUT2D eigenvalue weighted by Gasteiger charge is 2.52. The minimum absolute atomic E-state index is 0.00160. The zero-order chi connectivity index (χ0) is 30.1. The van der Waals surface area contributed by atoms with Crippen LogP contribution < -0.4 is 0 Å². The molecular formula is C30H43NO9. The number of benzene rings is 1. The molecule has 1 aliphatic rings. The van der Waals surface area contributed by atoms with Crippen LogP contribution >= 0.6 is 0 Å². The molecule has 0 radical (unpaired) electrons. The Bertz CT molecular complexity index is 1030. The summed E-state index contributed by atoms with van der Waals surface area (Å²) >= 11 is 0. The smallest absolute Gasteiger partial charge is 0.308 e. The molecule has 0 aliphatic carbocycles. The van der Waals surface area contributed by atoms with Gasteiger partial charge in [0.25, 0.3) is 0 Å². The number of ether oxygens (including phenoxy) is 4. The summed E-state index contributed by atoms with van der Waals surface area (Å²) in [5.74, 6) is -4.66. The van der Waals surface area contributed by atoms with Crippen molar-refractivity contribution in [2.24, 2.45) is 23.7 Å². The minimum atomic E-state index is -1.27. The standard InChI is InChI=1S/C30H43NO9/c1-17(2)27(33)37-16-22-25(39-29(35)19(5)6)26(40-30(36)20(7)8)23(38-28(34)18(3)4)15-31(22)24(32)14-21-12-10-9-11-13-21/h9-13,17-20,22-23,25-26H,14-16H2,1-8H3/t22-,23+,25-,26-/m1/s1. The van der Waals surface area contributed by atoms with Crippen LogP contribution in [-0.2, 0) is 49.3 Å². The molecule has 40 heavy (non-hydrogen) atoms. The molecule has 2 rings (SSSR count). The lowest BCUT2D eigenvalue weighted by atomic mass is 9.92. The molecule has 10 nitrogen and oxygen atoms in total. The third-order valence-corrected chi connectivity index (χ3v) is 6.42. The molecule has 222 valence electrons. The molecule has 0 N–H and O–H groups in total. The summed E-state index contributed by atoms with van der Waals surface area (Å²) in [5, 5.41) is 0. The fourth-order valence-corrected chi connectivity index (χ4v) is 3.94. The quantitative estimate of drug-likeness (QED) is 0.295. The van der Waals surface area contributed by atoms with Crippen molar-refractivity contribution in [1.29, 1.82) is 0 Å². The maximum atomic E-state index is 13.7. The molecule has 1 aliphatic heterocycles. The second kappa shape index (κ2) is 14.8. The van der Waals surface area contributed by atoms with Gasteiger partial charge in [0.05, 0.1) is 36.6 Å². The Kier molecular flexibility index (Phi) is 12.1. The first-order valence-corrected chi connectivity index (χ1v) is 13.8. The zero-order valence-corrected chi connectivity index (χ0v) is 24.7. The van der Waals surface area contributed by atoms with E-state index in [4.69, 9.17) is 18.9 Å². The lowest BCUT2D eigenvalue weighted by Crippen LogP contribution is -2.67. The Morgan fingerprint density at radius 3 is 1.68 bits per heavy atom. The topological polar surface area (TPSA) is 126 Å². The van der Waals surface area contributed by atoms with Gasteiger partial charge in [0.1, 0.15) is 12.6 Å². The predicted molar refractivity (Wildman–Crippen MR) is 146 cm³/mol. The maximum Gasteiger partial charge on any atom is 0.308 e. The van der Waals surface area contributed by atoms with Gasteiger partial charge >= 0.3 is 23.9 Å². The molecule has 0 spiro atoms. The number of hydrogen-bond donors (Lipinski definition) is 0. The number of rotatable bonds is 11. The second-order valence-electron chi connectivity index (χ2n) is 11.3. The number of carbonyl (C=O) groups excluding carboxylic acids is 5. The maximum absolute atomic E-state index is 13.7. The number of nitrogens with zero attached hydrogens (tertiary/aromatic N) is 1. The second-order valence-corrected chi connectivity index (χ2v) is 11.3. The first-order valence-electron chi connectivity index (χ1n) is 13.8. The normalized spacial score (nSPS) is 20.9. The van der Waals surface area contributed by atoms with Crippen LogP contribution in [0.25, 0.3) is 0 Å². The molecule has 1 aromatic rings. The van der Waals surface area contributed by atoms with E-state index < -0.39 is 71.9 Å². The molecule has 10 heteroatoms. The van der Waals surface area contributed by atoms with E-state index in [0.717, 1.165) is 5.56 Å². The predicted octanol–water partition coefficient (Wildman–Crippen LogP) is 3.34. The van der Waals surface area contributed by atoms with Gasteiger partial charge in [0.15, 0.2) is 18.3 Å². The van der Waals surface area contributed by atoms with E-state index in [2.05, 4.69) is 0 Å². The fourth-order valence-electron chi connectivity index (χ4n) is 3.94. The van der Waals surface area contributed by atoms with E-state index in [9.17, 15) is 24.0 Å². The van der Waals surface area contributed by atoms with E-state index in [1.54, 1.807) is 67.5 Å². The monoisotopic (exact) mass is 561 g/mol. The Morgan fingerprint density at radius 2 is 1.18 bits per heavy atom. The van der Waals surface area contributed by atoms with Crippen LogP contribution in [0.4, 0.5) is 0 Å². The van der Waals surface area contributed by atoms with Gasteiger partial charge in [-0.1, -0.05) is 85.7 Å². The molecule has 1 aromatic carbocycles. The van der Waals surface area contributed by atoms with E-state index >= 15 is 0 Å². The summed E-state index contributed by atoms with van der Waals surface area (Å²) in [4.78, 5) is 65.9. The molecule has 0 unspecified atom stereocenters. The van der Waals surface area contributed by atoms with Crippen LogP contribution in [0, 0.1) is 23.7 Å². The summed E-state index contributed by atoms with van der Waals surface area (Å²) in [5.41, 5.74) is 0.741. The molecule has 4 atom stereocenters. The van der Waals surface area contributed by atoms with Crippen molar-refractivity contribution >= 4 is 29.8 Å². The van der Waals surface area contributed by atoms with Crippen molar-refractivity contribution < 1.29 is 42.9 Å². The summed E-state index contributed by atoms with van der Waals surface area (Å²) in [6.45, 7) is 12.8. The average Bonchev–Trinajstić information content (AvgIpc) is 2.89. The Balaban J connectivity index is 2.60. The largest absolute Gasteiger partial charge is 0.463 e. The molecule has 1 amide bonds. The number of piperidine rings is 1. The SMILES string of the molecule is CC(C)C(=O)OC[C@@H]1[C@@H](OC(=O)C(C)C)[C@H](OC(=O)C(C)C)[C@@H](OC(=O)C(C)C)CN1C(=O)Cc1ccccc1. The molecular weight excluding hydrogens is 518 g/mol. The van der Waals surface area contributed by atoms with Gasteiger partial charge in [-0.2, -0.15) is 0 Å². The Morgan fingerprint density at radius 1 is 0.700 bits per heavy atom. The van der Waals surface area contributed by atoms with Crippen molar-refractivity contribution in [1.82, 2.24) is 4.90 Å². The van der Waals surface area contributed by atoms with Crippen LogP contribution in [-0.4, -0.2) is 72.2 Å². The minimum Gasteiger partial charge on any atom is -0.463 e. The molecule has 1 saturated heterocycles. The van der Waals surface area contributed by atoms with E-state index in [1.165, 1.54) is 4.90 Å². The van der Waals surface area contributed by atoms with Crippen molar-refractivity contribution in [3.63, 3.8) is 0 Å². The average molecular weight is 562 g/mol. The van der Waals surface area contributed by atoms with Crippen LogP contribution in [0.1, 0.15) is 61.0 Å². The molecule has 0 aromatic heterocycles. The van der Waals surface area contributed by atoms with Gasteiger partial charge in [-0.3, -0.25) is 24.0 Å². The van der Waals surface area contributed by atoms with Gasteiger partial charge in [0, 0.05) is 0 Å². The molecule has 0 saturated carbocycles. The summed E-state index contributed by atoms with van der Waals surface area (Å²) in [6.07, 6.45) is -3.62. The Labute approximate surface area is 236 Å². The fraction of sp³-hybridized carbons (Fsp3) is 0.633. The van der Waals surface area contributed by atoms with Crippen molar-refractivity contribution in [2.45, 2.75) is 86.2 Å². The van der Waals surface area contributed by atoms with Gasteiger partial charge in [0.2, 0.25) is 5.91 Å². The van der Waals surface area contributed by atoms with E-state index in [-0.39, 0.29) is 25.5 Å². The number of amides is 1. The summed E-state index contributed by atoms with van der Waals surface area (Å²) < 4.78 is 22.9. The first kappa shape index (κ1) is 32.8. The van der Waals surface area contributed by atoms with Crippen molar-refractivity contribution in [2.75, 3.05) is 13.2 Å². The van der Waals surface area contributed by atoms with Gasteiger partial charge < -0.3 is 23.8 Å². The van der Waals surface area contributed by atoms with Crippen LogP contribution in [0.15, 0.2) is 30.3 Å². The van der Waals surface area contributed by atoms with Crippen molar-refractivity contribution in [3.8, 4) is 0 Å². The van der Waals surface area contributed by atoms with Crippen LogP contribution in [0.3, 0.4) is 0 Å². The first-order chi connectivity index (χ1) is 18.7. The summed E-state index contributed by atoms with van der Waals surface area (Å²) in [6, 6.07) is 8.05. The lowest BCUT2D eigenvalue weighted by molar-refractivity contribution is -0.214. The number of carbonyl (C=O) groups is 5. The van der Waals surface area contributed by atoms with Gasteiger partial charge in [-0.25, -0.2) is 0 Å². The zero-order valence-electron chi connectivity index (χ0n) is 24.7. The molecule has 0 bridgehead atoms.